The summed E-state index contributed by atoms with van der Waals surface area (Å²) in [7, 11) is 3.18. The van der Waals surface area contributed by atoms with Crippen LogP contribution in [0.25, 0.3) is 0 Å². The minimum atomic E-state index is -1.20. The lowest BCUT2D eigenvalue weighted by Gasteiger charge is -2.09. The fourth-order valence-electron chi connectivity index (χ4n) is 1.59. The van der Waals surface area contributed by atoms with Crippen LogP contribution < -0.4 is 20.5 Å². The van der Waals surface area contributed by atoms with Crippen molar-refractivity contribution in [1.29, 1.82) is 0 Å². The van der Waals surface area contributed by atoms with Gasteiger partial charge in [-0.2, -0.15) is 0 Å². The van der Waals surface area contributed by atoms with Crippen molar-refractivity contribution in [3.05, 3.63) is 23.8 Å². The maximum absolute atomic E-state index is 12.6. The Balaban J connectivity index is 2.58. The van der Waals surface area contributed by atoms with Gasteiger partial charge < -0.3 is 20.5 Å². The van der Waals surface area contributed by atoms with Gasteiger partial charge in [0.15, 0.2) is 23.8 Å². The molecule has 0 aliphatic carbocycles. The number of methoxy groups -OCH3 is 2. The van der Waals surface area contributed by atoms with Crippen LogP contribution in [0.15, 0.2) is 23.2 Å². The highest BCUT2D eigenvalue weighted by molar-refractivity contribution is 5.77. The second kappa shape index (κ2) is 7.45. The zero-order valence-corrected chi connectivity index (χ0v) is 11.4. The maximum atomic E-state index is 12.6. The summed E-state index contributed by atoms with van der Waals surface area (Å²) in [6, 6.07) is 5.65. The molecule has 0 saturated heterocycles. The Morgan fingerprint density at radius 1 is 1.37 bits per heavy atom. The largest absolute Gasteiger partial charge is 0.493 e. The summed E-state index contributed by atoms with van der Waals surface area (Å²) in [5.41, 5.74) is 6.54. The van der Waals surface area contributed by atoms with Gasteiger partial charge in [-0.25, -0.2) is 4.39 Å². The molecule has 0 bridgehead atoms. The number of guanidine groups is 1. The molecule has 0 fully saturated rings. The minimum absolute atomic E-state index is 0.107. The summed E-state index contributed by atoms with van der Waals surface area (Å²) in [4.78, 5) is 4.03. The Hall–Kier alpha value is -1.98. The predicted molar refractivity (Wildman–Crippen MR) is 73.4 cm³/mol. The number of nitrogens with zero attached hydrogens (tertiary/aromatic N) is 1. The van der Waals surface area contributed by atoms with Crippen molar-refractivity contribution in [2.24, 2.45) is 10.7 Å². The smallest absolute Gasteiger partial charge is 0.190 e. The van der Waals surface area contributed by atoms with Crippen molar-refractivity contribution >= 4 is 5.96 Å². The lowest BCUT2D eigenvalue weighted by molar-refractivity contribution is 0.338. The monoisotopic (exact) mass is 269 g/mol. The number of alkyl halides is 1. The van der Waals surface area contributed by atoms with E-state index in [0.717, 1.165) is 5.56 Å². The maximum Gasteiger partial charge on any atom is 0.190 e. The molecule has 1 atom stereocenters. The molecule has 0 heterocycles. The van der Waals surface area contributed by atoms with Gasteiger partial charge in [0.05, 0.1) is 14.2 Å². The second-order valence-corrected chi connectivity index (χ2v) is 3.97. The molecular formula is C13H20FN3O2. The number of benzene rings is 1. The van der Waals surface area contributed by atoms with E-state index in [1.807, 2.05) is 18.2 Å². The number of hydrogen-bond acceptors (Lipinski definition) is 3. The molecule has 3 N–H and O–H groups in total. The van der Waals surface area contributed by atoms with Gasteiger partial charge in [0, 0.05) is 6.54 Å². The van der Waals surface area contributed by atoms with Crippen molar-refractivity contribution in [3.8, 4) is 11.5 Å². The zero-order chi connectivity index (χ0) is 14.3. The lowest BCUT2D eigenvalue weighted by Crippen LogP contribution is -2.36. The lowest BCUT2D eigenvalue weighted by atomic mass is 10.1. The van der Waals surface area contributed by atoms with Crippen molar-refractivity contribution in [1.82, 2.24) is 5.32 Å². The number of halogens is 1. The van der Waals surface area contributed by atoms with Gasteiger partial charge in [-0.05, 0) is 31.0 Å². The van der Waals surface area contributed by atoms with Crippen LogP contribution in [0.1, 0.15) is 12.5 Å². The van der Waals surface area contributed by atoms with Crippen LogP contribution in [0.5, 0.6) is 11.5 Å². The fourth-order valence-corrected chi connectivity index (χ4v) is 1.59. The number of ether oxygens (including phenoxy) is 2. The van der Waals surface area contributed by atoms with Crippen molar-refractivity contribution in [2.75, 3.05) is 20.8 Å². The first kappa shape index (κ1) is 15.1. The highest BCUT2D eigenvalue weighted by atomic mass is 19.1. The van der Waals surface area contributed by atoms with Crippen molar-refractivity contribution in [3.63, 3.8) is 0 Å². The van der Waals surface area contributed by atoms with E-state index in [2.05, 4.69) is 10.3 Å². The predicted octanol–water partition coefficient (Wildman–Crippen LogP) is 1.47. The van der Waals surface area contributed by atoms with Crippen LogP contribution in [0.4, 0.5) is 4.39 Å². The fraction of sp³-hybridized carbons (Fsp3) is 0.462. The quantitative estimate of drug-likeness (QED) is 0.466. The number of aliphatic imine (C=N–C) groups is 1. The Bertz CT molecular complexity index is 436. The summed E-state index contributed by atoms with van der Waals surface area (Å²) in [5.74, 6) is 1.46. The third-order valence-electron chi connectivity index (χ3n) is 2.48. The van der Waals surface area contributed by atoms with Crippen LogP contribution in [0.2, 0.25) is 0 Å². The summed E-state index contributed by atoms with van der Waals surface area (Å²) >= 11 is 0. The molecule has 106 valence electrons. The van der Waals surface area contributed by atoms with Gasteiger partial charge in [-0.1, -0.05) is 6.07 Å². The van der Waals surface area contributed by atoms with E-state index in [0.29, 0.717) is 24.5 Å². The zero-order valence-electron chi connectivity index (χ0n) is 11.4. The van der Waals surface area contributed by atoms with Gasteiger partial charge in [0.25, 0.3) is 0 Å². The minimum Gasteiger partial charge on any atom is -0.493 e. The number of nitrogens with two attached hydrogens (primary N) is 1. The summed E-state index contributed by atoms with van der Waals surface area (Å²) < 4.78 is 22.9. The summed E-state index contributed by atoms with van der Waals surface area (Å²) in [6.07, 6.45) is -0.520. The van der Waals surface area contributed by atoms with E-state index < -0.39 is 6.30 Å². The average Bonchev–Trinajstić information content (AvgIpc) is 2.37. The van der Waals surface area contributed by atoms with Crippen LogP contribution >= 0.6 is 0 Å². The van der Waals surface area contributed by atoms with Crippen LogP contribution in [-0.4, -0.2) is 33.0 Å². The van der Waals surface area contributed by atoms with Crippen molar-refractivity contribution in [2.45, 2.75) is 19.6 Å². The topological polar surface area (TPSA) is 68.9 Å². The van der Waals surface area contributed by atoms with E-state index in [-0.39, 0.29) is 5.96 Å². The highest BCUT2D eigenvalue weighted by Crippen LogP contribution is 2.27. The van der Waals surface area contributed by atoms with Gasteiger partial charge in [0.2, 0.25) is 0 Å². The van der Waals surface area contributed by atoms with Gasteiger partial charge in [-0.15, -0.1) is 0 Å². The first-order valence-corrected chi connectivity index (χ1v) is 5.98. The number of nitrogens with one attached hydrogen (secondary N) is 1. The number of hydrogen-bond donors (Lipinski definition) is 2. The molecule has 6 heteroatoms. The van der Waals surface area contributed by atoms with Crippen LogP contribution in [0, 0.1) is 0 Å². The van der Waals surface area contributed by atoms with Gasteiger partial charge >= 0.3 is 0 Å². The second-order valence-electron chi connectivity index (χ2n) is 3.97. The molecule has 19 heavy (non-hydrogen) atoms. The molecule has 0 saturated carbocycles. The SMILES string of the molecule is COc1ccc(CCN=C(N)NC(C)F)cc1OC. The molecule has 5 nitrogen and oxygen atoms in total. The Morgan fingerprint density at radius 2 is 2.05 bits per heavy atom. The molecule has 1 rings (SSSR count). The molecule has 0 aromatic heterocycles. The molecule has 1 aromatic rings. The average molecular weight is 269 g/mol. The third kappa shape index (κ3) is 5.03. The first-order valence-electron chi connectivity index (χ1n) is 5.98. The molecule has 0 aliphatic heterocycles. The molecule has 1 aromatic carbocycles. The molecule has 0 radical (unpaired) electrons. The van der Waals surface area contributed by atoms with Crippen LogP contribution in [0.3, 0.4) is 0 Å². The van der Waals surface area contributed by atoms with E-state index in [4.69, 9.17) is 15.2 Å². The third-order valence-corrected chi connectivity index (χ3v) is 2.48. The van der Waals surface area contributed by atoms with E-state index in [1.54, 1.807) is 14.2 Å². The number of rotatable bonds is 6. The van der Waals surface area contributed by atoms with E-state index in [9.17, 15) is 4.39 Å². The summed E-state index contributed by atoms with van der Waals surface area (Å²) in [5, 5.41) is 2.39. The first-order chi connectivity index (χ1) is 9.06. The Labute approximate surface area is 112 Å². The Kier molecular flexibility index (Phi) is 5.92. The van der Waals surface area contributed by atoms with E-state index >= 15 is 0 Å². The molecule has 0 spiro atoms. The van der Waals surface area contributed by atoms with Crippen LogP contribution in [-0.2, 0) is 6.42 Å². The summed E-state index contributed by atoms with van der Waals surface area (Å²) in [6.45, 7) is 1.83. The van der Waals surface area contributed by atoms with Gasteiger partial charge in [-0.3, -0.25) is 4.99 Å². The highest BCUT2D eigenvalue weighted by Gasteiger charge is 2.04. The molecular weight excluding hydrogens is 249 g/mol. The Morgan fingerprint density at radius 3 is 2.63 bits per heavy atom. The molecule has 0 amide bonds. The van der Waals surface area contributed by atoms with Gasteiger partial charge in [0.1, 0.15) is 0 Å². The normalized spacial score (nSPS) is 12.9. The van der Waals surface area contributed by atoms with E-state index in [1.165, 1.54) is 6.92 Å². The molecule has 0 aliphatic rings. The standard InChI is InChI=1S/C13H20FN3O2/c1-9(14)17-13(15)16-7-6-10-4-5-11(18-2)12(8-10)19-3/h4-5,8-9H,6-7H2,1-3H3,(H3,15,16,17). The molecule has 1 unspecified atom stereocenters. The van der Waals surface area contributed by atoms with Crippen molar-refractivity contribution < 1.29 is 13.9 Å².